The Hall–Kier alpha value is -3.19. The van der Waals surface area contributed by atoms with Crippen molar-refractivity contribution in [3.05, 3.63) is 70.2 Å². The van der Waals surface area contributed by atoms with Crippen LogP contribution in [0.5, 0.6) is 23.0 Å². The van der Waals surface area contributed by atoms with E-state index in [1.54, 1.807) is 40.4 Å². The molecule has 3 aromatic carbocycles. The van der Waals surface area contributed by atoms with Crippen molar-refractivity contribution < 1.29 is 28.5 Å². The molecule has 0 N–H and O–H groups in total. The molecule has 0 aliphatic heterocycles. The van der Waals surface area contributed by atoms with Gasteiger partial charge in [0, 0.05) is 17.5 Å². The maximum atomic E-state index is 11.7. The van der Waals surface area contributed by atoms with Gasteiger partial charge in [0.1, 0.15) is 18.1 Å². The number of methoxy groups -OCH3 is 3. The van der Waals surface area contributed by atoms with Crippen LogP contribution in [0.3, 0.4) is 0 Å². The second-order valence-electron chi connectivity index (χ2n) is 7.05. The Morgan fingerprint density at radius 3 is 2.33 bits per heavy atom. The summed E-state index contributed by atoms with van der Waals surface area (Å²) in [5.41, 5.74) is 1.94. The van der Waals surface area contributed by atoms with Crippen molar-refractivity contribution in [3.8, 4) is 23.0 Å². The van der Waals surface area contributed by atoms with Gasteiger partial charge in [0.2, 0.25) is 0 Å². The quantitative estimate of drug-likeness (QED) is 0.249. The summed E-state index contributed by atoms with van der Waals surface area (Å²) in [5, 5.41) is 1.54. The number of ether oxygens (including phenoxy) is 5. The zero-order valence-electron chi connectivity index (χ0n) is 19.1. The van der Waals surface area contributed by atoms with Crippen molar-refractivity contribution in [3.63, 3.8) is 0 Å². The summed E-state index contributed by atoms with van der Waals surface area (Å²) in [4.78, 5) is 11.7. The first-order chi connectivity index (χ1) is 16.0. The highest BCUT2D eigenvalue weighted by atomic mass is 79.9. The molecule has 0 unspecified atom stereocenters. The maximum Gasteiger partial charge on any atom is 0.330 e. The Morgan fingerprint density at radius 2 is 1.70 bits per heavy atom. The average Bonchev–Trinajstić information content (AvgIpc) is 2.83. The molecule has 3 rings (SSSR count). The molecule has 6 nitrogen and oxygen atoms in total. The molecule has 0 atom stereocenters. The fourth-order valence-corrected chi connectivity index (χ4v) is 4.16. The van der Waals surface area contributed by atoms with E-state index in [1.165, 1.54) is 6.08 Å². The Kier molecular flexibility index (Phi) is 8.60. The zero-order chi connectivity index (χ0) is 23.8. The minimum Gasteiger partial charge on any atom is -0.495 e. The highest BCUT2D eigenvalue weighted by Crippen LogP contribution is 2.49. The normalized spacial score (nSPS) is 10.9. The monoisotopic (exact) mass is 514 g/mol. The summed E-state index contributed by atoms with van der Waals surface area (Å²) in [6.45, 7) is 2.49. The Balaban J connectivity index is 2.12. The van der Waals surface area contributed by atoms with E-state index in [0.29, 0.717) is 42.6 Å². The first-order valence-electron chi connectivity index (χ1n) is 10.5. The van der Waals surface area contributed by atoms with E-state index in [-0.39, 0.29) is 5.97 Å². The van der Waals surface area contributed by atoms with Crippen LogP contribution in [0.25, 0.3) is 10.8 Å². The van der Waals surface area contributed by atoms with Gasteiger partial charge in [-0.2, -0.15) is 0 Å². The number of halogens is 1. The molecular weight excluding hydrogens is 488 g/mol. The van der Waals surface area contributed by atoms with Crippen molar-refractivity contribution >= 4 is 32.7 Å². The molecule has 0 aliphatic carbocycles. The summed E-state index contributed by atoms with van der Waals surface area (Å²) in [7, 11) is 4.79. The van der Waals surface area contributed by atoms with Gasteiger partial charge in [-0.05, 0) is 46.5 Å². The highest BCUT2D eigenvalue weighted by molar-refractivity contribution is 9.10. The second-order valence-corrected chi connectivity index (χ2v) is 7.84. The topological polar surface area (TPSA) is 63.2 Å². The standard InChI is InChI=1S/C26H27BrO6/c1-5-32-22(28)13-9-12-18-14-19-23(26(31-4)24(18)27)20(15-21(29-2)25(19)30-3)33-16-17-10-7-6-8-11-17/h6-11,13-15H,5,12,16H2,1-4H3/b13-9+. The minimum absolute atomic E-state index is 0.333. The Labute approximate surface area is 202 Å². The van der Waals surface area contributed by atoms with Crippen molar-refractivity contribution in [1.82, 2.24) is 0 Å². The molecule has 0 bridgehead atoms. The molecule has 0 amide bonds. The SMILES string of the molecule is CCOC(=O)/C=C/Cc1cc2c(OC)c(OC)cc(OCc3ccccc3)c2c(OC)c1Br. The van der Waals surface area contributed by atoms with Gasteiger partial charge in [-0.1, -0.05) is 36.4 Å². The number of fused-ring (bicyclic) bond motifs is 1. The number of hydrogen-bond donors (Lipinski definition) is 0. The molecule has 174 valence electrons. The summed E-state index contributed by atoms with van der Waals surface area (Å²) < 4.78 is 29.0. The molecule has 0 fully saturated rings. The lowest BCUT2D eigenvalue weighted by Crippen LogP contribution is -2.02. The summed E-state index contributed by atoms with van der Waals surface area (Å²) in [6.07, 6.45) is 3.65. The first-order valence-corrected chi connectivity index (χ1v) is 11.3. The fraction of sp³-hybridized carbons (Fsp3) is 0.269. The van der Waals surface area contributed by atoms with E-state index in [4.69, 9.17) is 23.7 Å². The lowest BCUT2D eigenvalue weighted by atomic mass is 10.0. The number of allylic oxidation sites excluding steroid dienone is 1. The molecule has 7 heteroatoms. The van der Waals surface area contributed by atoms with Crippen molar-refractivity contribution in [2.24, 2.45) is 0 Å². The molecule has 0 aliphatic rings. The fourth-order valence-electron chi connectivity index (χ4n) is 3.52. The van der Waals surface area contributed by atoms with Gasteiger partial charge in [-0.3, -0.25) is 0 Å². The third-order valence-corrected chi connectivity index (χ3v) is 5.89. The number of benzene rings is 3. The van der Waals surface area contributed by atoms with Gasteiger partial charge in [0.25, 0.3) is 0 Å². The molecule has 3 aromatic rings. The van der Waals surface area contributed by atoms with Crippen LogP contribution in [0.15, 0.2) is 59.1 Å². The largest absolute Gasteiger partial charge is 0.495 e. The van der Waals surface area contributed by atoms with Crippen LogP contribution in [0, 0.1) is 0 Å². The summed E-state index contributed by atoms with van der Waals surface area (Å²) in [5.74, 6) is 1.96. The van der Waals surface area contributed by atoms with Crippen LogP contribution in [-0.4, -0.2) is 33.9 Å². The first kappa shape index (κ1) is 24.5. The van der Waals surface area contributed by atoms with E-state index in [2.05, 4.69) is 15.9 Å². The van der Waals surface area contributed by atoms with Gasteiger partial charge >= 0.3 is 5.97 Å². The van der Waals surface area contributed by atoms with E-state index in [1.807, 2.05) is 36.4 Å². The molecular formula is C26H27BrO6. The Morgan fingerprint density at radius 1 is 0.970 bits per heavy atom. The number of hydrogen-bond acceptors (Lipinski definition) is 6. The van der Waals surface area contributed by atoms with Gasteiger partial charge in [-0.25, -0.2) is 4.79 Å². The third-order valence-electron chi connectivity index (χ3n) is 5.02. The number of esters is 1. The number of rotatable bonds is 10. The zero-order valence-corrected chi connectivity index (χ0v) is 20.7. The van der Waals surface area contributed by atoms with Crippen molar-refractivity contribution in [1.29, 1.82) is 0 Å². The third kappa shape index (κ3) is 5.60. The molecule has 33 heavy (non-hydrogen) atoms. The molecule has 0 aromatic heterocycles. The van der Waals surface area contributed by atoms with Crippen LogP contribution in [-0.2, 0) is 22.6 Å². The summed E-state index contributed by atoms with van der Waals surface area (Å²) >= 11 is 3.67. The lowest BCUT2D eigenvalue weighted by Gasteiger charge is -2.20. The van der Waals surface area contributed by atoms with Gasteiger partial charge in [0.05, 0.1) is 37.8 Å². The van der Waals surface area contributed by atoms with Crippen LogP contribution < -0.4 is 18.9 Å². The second kappa shape index (κ2) is 11.6. The molecule has 0 heterocycles. The molecule has 0 saturated heterocycles. The lowest BCUT2D eigenvalue weighted by molar-refractivity contribution is -0.137. The highest BCUT2D eigenvalue weighted by Gasteiger charge is 2.22. The van der Waals surface area contributed by atoms with E-state index in [9.17, 15) is 4.79 Å². The van der Waals surface area contributed by atoms with Gasteiger partial charge < -0.3 is 23.7 Å². The summed E-state index contributed by atoms with van der Waals surface area (Å²) in [6, 6.07) is 13.7. The molecule has 0 radical (unpaired) electrons. The smallest absolute Gasteiger partial charge is 0.330 e. The van der Waals surface area contributed by atoms with E-state index >= 15 is 0 Å². The van der Waals surface area contributed by atoms with Crippen LogP contribution in [0.2, 0.25) is 0 Å². The van der Waals surface area contributed by atoms with E-state index in [0.717, 1.165) is 26.4 Å². The van der Waals surface area contributed by atoms with Crippen LogP contribution in [0.4, 0.5) is 0 Å². The minimum atomic E-state index is -0.378. The van der Waals surface area contributed by atoms with E-state index < -0.39 is 0 Å². The predicted molar refractivity (Wildman–Crippen MR) is 132 cm³/mol. The van der Waals surface area contributed by atoms with Gasteiger partial charge in [-0.15, -0.1) is 0 Å². The molecule has 0 saturated carbocycles. The Bertz CT molecular complexity index is 1140. The van der Waals surface area contributed by atoms with Crippen LogP contribution in [0.1, 0.15) is 18.1 Å². The number of carbonyl (C=O) groups excluding carboxylic acids is 1. The van der Waals surface area contributed by atoms with Gasteiger partial charge in [0.15, 0.2) is 11.5 Å². The number of carbonyl (C=O) groups is 1. The van der Waals surface area contributed by atoms with Crippen molar-refractivity contribution in [2.75, 3.05) is 27.9 Å². The average molecular weight is 515 g/mol. The van der Waals surface area contributed by atoms with Crippen molar-refractivity contribution in [2.45, 2.75) is 20.0 Å². The predicted octanol–water partition coefficient (Wildman–Crippen LogP) is 5.87. The van der Waals surface area contributed by atoms with Crippen LogP contribution >= 0.6 is 15.9 Å². The maximum absolute atomic E-state index is 11.7. The molecule has 0 spiro atoms.